The second-order valence-corrected chi connectivity index (χ2v) is 11.1. The van der Waals surface area contributed by atoms with Crippen molar-refractivity contribution in [2.45, 2.75) is 56.3 Å². The van der Waals surface area contributed by atoms with Crippen molar-refractivity contribution < 1.29 is 33.7 Å². The van der Waals surface area contributed by atoms with Crippen molar-refractivity contribution in [1.82, 2.24) is 10.2 Å². The summed E-state index contributed by atoms with van der Waals surface area (Å²) in [5.74, 6) is 0.322. The van der Waals surface area contributed by atoms with Crippen LogP contribution in [0.5, 0.6) is 11.5 Å². The molecule has 9 nitrogen and oxygen atoms in total. The van der Waals surface area contributed by atoms with E-state index in [0.29, 0.717) is 29.2 Å². The molecule has 0 unspecified atom stereocenters. The van der Waals surface area contributed by atoms with Gasteiger partial charge in [0.25, 0.3) is 5.91 Å². The van der Waals surface area contributed by atoms with Crippen LogP contribution in [0, 0.1) is 5.92 Å². The van der Waals surface area contributed by atoms with Gasteiger partial charge in [0.1, 0.15) is 18.0 Å². The Balaban J connectivity index is 1.42. The van der Waals surface area contributed by atoms with Crippen molar-refractivity contribution in [3.63, 3.8) is 0 Å². The molecule has 3 aromatic rings. The minimum atomic E-state index is -1.09. The number of benzene rings is 2. The first-order valence-electron chi connectivity index (χ1n) is 14.4. The molecule has 0 radical (unpaired) electrons. The van der Waals surface area contributed by atoms with Gasteiger partial charge in [-0.3, -0.25) is 9.59 Å². The van der Waals surface area contributed by atoms with Gasteiger partial charge in [0.2, 0.25) is 5.91 Å². The number of hydrogen-bond donors (Lipinski definition) is 3. The van der Waals surface area contributed by atoms with Gasteiger partial charge in [-0.15, -0.1) is 0 Å². The number of carbonyl (C=O) groups is 2. The van der Waals surface area contributed by atoms with Crippen LogP contribution >= 0.6 is 0 Å². The van der Waals surface area contributed by atoms with Gasteiger partial charge >= 0.3 is 0 Å². The monoisotopic (exact) mass is 560 g/mol. The van der Waals surface area contributed by atoms with Crippen molar-refractivity contribution >= 4 is 22.8 Å². The molecule has 1 aliphatic heterocycles. The summed E-state index contributed by atoms with van der Waals surface area (Å²) < 4.78 is 17.7. The number of nitrogens with zero attached hydrogens (tertiary/aromatic N) is 1. The summed E-state index contributed by atoms with van der Waals surface area (Å²) in [6.07, 6.45) is 5.21. The Hall–Kier alpha value is -3.82. The van der Waals surface area contributed by atoms with Gasteiger partial charge in [0.15, 0.2) is 17.1 Å². The highest BCUT2D eigenvalue weighted by molar-refractivity contribution is 5.99. The number of carbonyl (C=O) groups excluding carboxylic acids is 2. The maximum absolute atomic E-state index is 14.3. The number of amides is 2. The first-order chi connectivity index (χ1) is 20.0. The minimum Gasteiger partial charge on any atom is -0.493 e. The molecule has 1 aromatic heterocycles. The smallest absolute Gasteiger partial charge is 0.290 e. The SMILES string of the molecule is COc1cccc2cc(C(=O)N(CC3CCCCC3)[C@@H]3C=C(C(=O)NCCO)[C@@H]4c5ccccc5O[C@@H]4[C@H]3O)oc12. The fraction of sp³-hybridized carbons (Fsp3) is 0.438. The van der Waals surface area contributed by atoms with Crippen LogP contribution in [0.25, 0.3) is 11.0 Å². The van der Waals surface area contributed by atoms with Crippen molar-refractivity contribution in [1.29, 1.82) is 0 Å². The molecular formula is C32H36N2O7. The summed E-state index contributed by atoms with van der Waals surface area (Å²) in [4.78, 5) is 29.4. The number of aliphatic hydroxyl groups excluding tert-OH is 2. The molecule has 0 bridgehead atoms. The predicted octanol–water partition coefficient (Wildman–Crippen LogP) is 3.79. The summed E-state index contributed by atoms with van der Waals surface area (Å²) in [5.41, 5.74) is 1.71. The maximum atomic E-state index is 14.3. The lowest BCUT2D eigenvalue weighted by molar-refractivity contribution is -0.118. The molecule has 6 rings (SSSR count). The van der Waals surface area contributed by atoms with E-state index in [0.717, 1.165) is 36.6 Å². The van der Waals surface area contributed by atoms with Crippen molar-refractivity contribution in [3.8, 4) is 11.5 Å². The standard InChI is InChI=1S/C32H36N2O7/c1-39-25-13-7-10-20-16-26(41-29(20)25)32(38)34(18-19-8-3-2-4-9-19)23-17-22(31(37)33-14-15-35)27-21-11-5-6-12-24(21)40-30(27)28(23)36/h5-7,10-13,16-17,19,23,27-28,30,35-36H,2-4,8-9,14-15,18H2,1H3,(H,33,37)/t23-,27+,28+,30+/m1/s1. The normalized spacial score (nSPS) is 23.7. The number of aliphatic hydroxyl groups is 2. The number of rotatable bonds is 8. The number of furan rings is 1. The van der Waals surface area contributed by atoms with E-state index in [2.05, 4.69) is 5.32 Å². The van der Waals surface area contributed by atoms with Gasteiger partial charge in [-0.25, -0.2) is 0 Å². The van der Waals surface area contributed by atoms with Crippen LogP contribution in [0.1, 0.15) is 54.1 Å². The first-order valence-corrected chi connectivity index (χ1v) is 14.4. The number of para-hydroxylation sites is 2. The lowest BCUT2D eigenvalue weighted by Gasteiger charge is -2.42. The lowest BCUT2D eigenvalue weighted by Crippen LogP contribution is -2.56. The topological polar surface area (TPSA) is 121 Å². The zero-order chi connectivity index (χ0) is 28.5. The van der Waals surface area contributed by atoms with Crippen LogP contribution in [0.4, 0.5) is 0 Å². The molecular weight excluding hydrogens is 524 g/mol. The van der Waals surface area contributed by atoms with Crippen molar-refractivity contribution in [3.05, 3.63) is 71.5 Å². The minimum absolute atomic E-state index is 0.0921. The van der Waals surface area contributed by atoms with E-state index >= 15 is 0 Å². The zero-order valence-electron chi connectivity index (χ0n) is 23.1. The molecule has 2 heterocycles. The van der Waals surface area contributed by atoms with Crippen LogP contribution in [0.15, 0.2) is 64.6 Å². The highest BCUT2D eigenvalue weighted by atomic mass is 16.5. The molecule has 3 N–H and O–H groups in total. The molecule has 41 heavy (non-hydrogen) atoms. The molecule has 2 aliphatic carbocycles. The highest BCUT2D eigenvalue weighted by Crippen LogP contribution is 2.47. The third-order valence-corrected chi connectivity index (χ3v) is 8.62. The molecule has 216 valence electrons. The molecule has 0 spiro atoms. The van der Waals surface area contributed by atoms with E-state index in [1.54, 1.807) is 30.2 Å². The quantitative estimate of drug-likeness (QED) is 0.383. The third kappa shape index (κ3) is 5.08. The van der Waals surface area contributed by atoms with Gasteiger partial charge in [-0.2, -0.15) is 0 Å². The van der Waals surface area contributed by atoms with E-state index in [1.165, 1.54) is 6.42 Å². The number of fused-ring (bicyclic) bond motifs is 4. The number of methoxy groups -OCH3 is 1. The Morgan fingerprint density at radius 1 is 1.10 bits per heavy atom. The summed E-state index contributed by atoms with van der Waals surface area (Å²) >= 11 is 0. The largest absolute Gasteiger partial charge is 0.493 e. The van der Waals surface area contributed by atoms with Gasteiger partial charge in [-0.1, -0.05) is 49.6 Å². The van der Waals surface area contributed by atoms with Gasteiger partial charge in [-0.05, 0) is 43.0 Å². The molecule has 0 saturated heterocycles. The first kappa shape index (κ1) is 27.4. The fourth-order valence-corrected chi connectivity index (χ4v) is 6.62. The average molecular weight is 561 g/mol. The Bertz CT molecular complexity index is 1460. The van der Waals surface area contributed by atoms with Crippen LogP contribution in [0.2, 0.25) is 0 Å². The van der Waals surface area contributed by atoms with Crippen LogP contribution in [-0.2, 0) is 4.79 Å². The number of nitrogens with one attached hydrogen (secondary N) is 1. The van der Waals surface area contributed by atoms with Crippen LogP contribution in [-0.4, -0.2) is 72.0 Å². The van der Waals surface area contributed by atoms with Crippen LogP contribution in [0.3, 0.4) is 0 Å². The van der Waals surface area contributed by atoms with Crippen LogP contribution < -0.4 is 14.8 Å². The van der Waals surface area contributed by atoms with Gasteiger partial charge in [0, 0.05) is 29.6 Å². The Morgan fingerprint density at radius 2 is 1.90 bits per heavy atom. The second-order valence-electron chi connectivity index (χ2n) is 11.1. The Labute approximate surface area is 238 Å². The van der Waals surface area contributed by atoms with E-state index in [4.69, 9.17) is 13.9 Å². The van der Waals surface area contributed by atoms with E-state index in [1.807, 2.05) is 36.4 Å². The summed E-state index contributed by atoms with van der Waals surface area (Å²) in [7, 11) is 1.55. The van der Waals surface area contributed by atoms with Gasteiger partial charge in [0.05, 0.1) is 25.7 Å². The molecule has 2 aromatic carbocycles. The van der Waals surface area contributed by atoms with E-state index < -0.39 is 24.2 Å². The Morgan fingerprint density at radius 3 is 2.68 bits per heavy atom. The second kappa shape index (κ2) is 11.6. The molecule has 1 fully saturated rings. The summed E-state index contributed by atoms with van der Waals surface area (Å²) in [6, 6.07) is 13.8. The summed E-state index contributed by atoms with van der Waals surface area (Å²) in [5, 5.41) is 24.7. The van der Waals surface area contributed by atoms with Gasteiger partial charge < -0.3 is 34.3 Å². The summed E-state index contributed by atoms with van der Waals surface area (Å²) in [6.45, 7) is 0.310. The molecule has 1 saturated carbocycles. The third-order valence-electron chi connectivity index (χ3n) is 8.62. The van der Waals surface area contributed by atoms with Crippen molar-refractivity contribution in [2.24, 2.45) is 5.92 Å². The number of ether oxygens (including phenoxy) is 2. The molecule has 3 aliphatic rings. The molecule has 4 atom stereocenters. The van der Waals surface area contributed by atoms with E-state index in [9.17, 15) is 19.8 Å². The van der Waals surface area contributed by atoms with Crippen molar-refractivity contribution in [2.75, 3.05) is 26.8 Å². The molecule has 2 amide bonds. The predicted molar refractivity (Wildman–Crippen MR) is 152 cm³/mol. The Kier molecular flexibility index (Phi) is 7.73. The number of hydrogen-bond acceptors (Lipinski definition) is 7. The molecule has 9 heteroatoms. The highest BCUT2D eigenvalue weighted by Gasteiger charge is 2.51. The average Bonchev–Trinajstić information content (AvgIpc) is 3.62. The zero-order valence-corrected chi connectivity index (χ0v) is 23.1. The lowest BCUT2D eigenvalue weighted by atomic mass is 9.77. The van der Waals surface area contributed by atoms with E-state index in [-0.39, 0.29) is 36.6 Å². The maximum Gasteiger partial charge on any atom is 0.290 e. The fourth-order valence-electron chi connectivity index (χ4n) is 6.62.